The maximum absolute atomic E-state index is 12.1. The Morgan fingerprint density at radius 1 is 1.19 bits per heavy atom. The molecule has 0 spiro atoms. The van der Waals surface area contributed by atoms with Crippen molar-refractivity contribution in [3.8, 4) is 0 Å². The van der Waals surface area contributed by atoms with Crippen molar-refractivity contribution < 1.29 is 13.5 Å². The summed E-state index contributed by atoms with van der Waals surface area (Å²) in [6.07, 6.45) is 0.579. The molecule has 0 aromatic heterocycles. The third-order valence-corrected chi connectivity index (χ3v) is 4.78. The number of hydrogen-bond acceptors (Lipinski definition) is 5. The predicted molar refractivity (Wildman–Crippen MR) is 84.0 cm³/mol. The molecule has 1 aromatic rings. The van der Waals surface area contributed by atoms with Gasteiger partial charge in [-0.05, 0) is 24.1 Å². The molecule has 7 heteroatoms. The van der Waals surface area contributed by atoms with Crippen molar-refractivity contribution in [1.82, 2.24) is 10.2 Å². The first-order valence-electron chi connectivity index (χ1n) is 7.22. The fourth-order valence-electron chi connectivity index (χ4n) is 2.28. The molecule has 21 heavy (non-hydrogen) atoms. The van der Waals surface area contributed by atoms with Crippen LogP contribution in [-0.2, 0) is 16.4 Å². The van der Waals surface area contributed by atoms with E-state index < -0.39 is 10.0 Å². The van der Waals surface area contributed by atoms with Crippen LogP contribution in [0, 0.1) is 0 Å². The Kier molecular flexibility index (Phi) is 5.98. The number of nitrogens with zero attached hydrogens (tertiary/aromatic N) is 1. The zero-order valence-corrected chi connectivity index (χ0v) is 12.9. The number of hydrogen-bond donors (Lipinski definition) is 3. The van der Waals surface area contributed by atoms with Gasteiger partial charge in [0.15, 0.2) is 0 Å². The summed E-state index contributed by atoms with van der Waals surface area (Å²) in [5.41, 5.74) is 1.55. The molecular formula is C14H23N3O3S. The molecule has 1 heterocycles. The highest BCUT2D eigenvalue weighted by Crippen LogP contribution is 2.12. The molecule has 1 aliphatic heterocycles. The van der Waals surface area contributed by atoms with Crippen LogP contribution in [0.1, 0.15) is 5.56 Å². The van der Waals surface area contributed by atoms with Gasteiger partial charge in [0.2, 0.25) is 10.0 Å². The van der Waals surface area contributed by atoms with Crippen LogP contribution in [0.4, 0.5) is 5.69 Å². The Labute approximate surface area is 126 Å². The number of anilines is 1. The lowest BCUT2D eigenvalue weighted by atomic mass is 10.1. The standard InChI is InChI=1S/C14H23N3O3S/c18-11-5-13-1-3-14(4-2-13)16-21(19,20)12-10-17-8-6-15-7-9-17/h1-4,15-16,18H,5-12H2. The Hall–Kier alpha value is -1.15. The highest BCUT2D eigenvalue weighted by Gasteiger charge is 2.15. The first-order chi connectivity index (χ1) is 10.1. The van der Waals surface area contributed by atoms with Crippen LogP contribution in [0.25, 0.3) is 0 Å². The first kappa shape index (κ1) is 16.2. The highest BCUT2D eigenvalue weighted by atomic mass is 32.2. The van der Waals surface area contributed by atoms with Gasteiger partial charge in [-0.25, -0.2) is 8.42 Å². The Balaban J connectivity index is 1.84. The quantitative estimate of drug-likeness (QED) is 0.653. The van der Waals surface area contributed by atoms with Gasteiger partial charge in [-0.2, -0.15) is 0 Å². The summed E-state index contributed by atoms with van der Waals surface area (Å²) in [4.78, 5) is 2.15. The molecular weight excluding hydrogens is 290 g/mol. The van der Waals surface area contributed by atoms with Crippen molar-refractivity contribution in [3.63, 3.8) is 0 Å². The minimum atomic E-state index is -3.32. The van der Waals surface area contributed by atoms with Crippen molar-refractivity contribution in [1.29, 1.82) is 0 Å². The molecule has 0 saturated carbocycles. The number of benzene rings is 1. The van der Waals surface area contributed by atoms with Crippen LogP contribution in [0.15, 0.2) is 24.3 Å². The van der Waals surface area contributed by atoms with Crippen LogP contribution in [0.2, 0.25) is 0 Å². The average Bonchev–Trinajstić information content (AvgIpc) is 2.48. The number of sulfonamides is 1. The molecule has 1 saturated heterocycles. The molecule has 0 unspecified atom stereocenters. The van der Waals surface area contributed by atoms with Gasteiger partial charge in [-0.15, -0.1) is 0 Å². The normalized spacial score (nSPS) is 16.8. The molecule has 0 aliphatic carbocycles. The van der Waals surface area contributed by atoms with Gasteiger partial charge in [-0.3, -0.25) is 9.62 Å². The Morgan fingerprint density at radius 2 is 1.86 bits per heavy atom. The van der Waals surface area contributed by atoms with E-state index >= 15 is 0 Å². The topological polar surface area (TPSA) is 81.7 Å². The molecule has 118 valence electrons. The summed E-state index contributed by atoms with van der Waals surface area (Å²) in [5, 5.41) is 12.1. The van der Waals surface area contributed by atoms with E-state index in [0.717, 1.165) is 31.7 Å². The van der Waals surface area contributed by atoms with E-state index in [-0.39, 0.29) is 12.4 Å². The number of aliphatic hydroxyl groups excluding tert-OH is 1. The second kappa shape index (κ2) is 7.74. The van der Waals surface area contributed by atoms with Gasteiger partial charge >= 0.3 is 0 Å². The molecule has 6 nitrogen and oxygen atoms in total. The van der Waals surface area contributed by atoms with E-state index in [0.29, 0.717) is 18.7 Å². The number of piperazine rings is 1. The van der Waals surface area contributed by atoms with E-state index in [9.17, 15) is 8.42 Å². The van der Waals surface area contributed by atoms with Gasteiger partial charge in [0.1, 0.15) is 0 Å². The summed E-state index contributed by atoms with van der Waals surface area (Å²) >= 11 is 0. The molecule has 0 bridgehead atoms. The largest absolute Gasteiger partial charge is 0.396 e. The predicted octanol–water partition coefficient (Wildman–Crippen LogP) is -0.132. The van der Waals surface area contributed by atoms with Gasteiger partial charge in [0, 0.05) is 45.0 Å². The third kappa shape index (κ3) is 5.62. The number of rotatable bonds is 7. The summed E-state index contributed by atoms with van der Waals surface area (Å²) in [6, 6.07) is 7.11. The van der Waals surface area contributed by atoms with Crippen molar-refractivity contribution >= 4 is 15.7 Å². The minimum Gasteiger partial charge on any atom is -0.396 e. The first-order valence-corrected chi connectivity index (χ1v) is 8.88. The van der Waals surface area contributed by atoms with E-state index in [1.165, 1.54) is 0 Å². The molecule has 0 atom stereocenters. The lowest BCUT2D eigenvalue weighted by molar-refractivity contribution is 0.254. The summed E-state index contributed by atoms with van der Waals surface area (Å²) < 4.78 is 26.7. The number of nitrogens with one attached hydrogen (secondary N) is 2. The summed E-state index contributed by atoms with van der Waals surface area (Å²) in [5.74, 6) is 0.103. The van der Waals surface area contributed by atoms with Crippen LogP contribution in [0.5, 0.6) is 0 Å². The van der Waals surface area contributed by atoms with E-state index in [4.69, 9.17) is 5.11 Å². The van der Waals surface area contributed by atoms with E-state index in [1.807, 2.05) is 12.1 Å². The minimum absolute atomic E-state index is 0.0930. The lowest BCUT2D eigenvalue weighted by Crippen LogP contribution is -2.45. The SMILES string of the molecule is O=S(=O)(CCN1CCNCC1)Nc1ccc(CCO)cc1. The lowest BCUT2D eigenvalue weighted by Gasteiger charge is -2.26. The molecule has 2 rings (SSSR count). The zero-order chi connectivity index (χ0) is 15.1. The van der Waals surface area contributed by atoms with Crippen molar-refractivity contribution in [3.05, 3.63) is 29.8 Å². The monoisotopic (exact) mass is 313 g/mol. The van der Waals surface area contributed by atoms with Crippen molar-refractivity contribution in [2.75, 3.05) is 49.8 Å². The summed E-state index contributed by atoms with van der Waals surface area (Å²) in [6.45, 7) is 4.27. The fourth-order valence-corrected chi connectivity index (χ4v) is 3.38. The highest BCUT2D eigenvalue weighted by molar-refractivity contribution is 7.92. The smallest absolute Gasteiger partial charge is 0.233 e. The Morgan fingerprint density at radius 3 is 2.48 bits per heavy atom. The van der Waals surface area contributed by atoms with Crippen LogP contribution in [-0.4, -0.2) is 63.5 Å². The van der Waals surface area contributed by atoms with Crippen LogP contribution in [0.3, 0.4) is 0 Å². The Bertz CT molecular complexity index is 525. The maximum Gasteiger partial charge on any atom is 0.233 e. The second-order valence-corrected chi connectivity index (χ2v) is 7.02. The van der Waals surface area contributed by atoms with Gasteiger partial charge in [0.25, 0.3) is 0 Å². The zero-order valence-electron chi connectivity index (χ0n) is 12.1. The van der Waals surface area contributed by atoms with Gasteiger partial charge < -0.3 is 10.4 Å². The number of aliphatic hydroxyl groups is 1. The van der Waals surface area contributed by atoms with Crippen molar-refractivity contribution in [2.45, 2.75) is 6.42 Å². The molecule has 0 radical (unpaired) electrons. The average molecular weight is 313 g/mol. The molecule has 1 aliphatic rings. The second-order valence-electron chi connectivity index (χ2n) is 5.18. The van der Waals surface area contributed by atoms with Crippen LogP contribution < -0.4 is 10.0 Å². The molecule has 0 amide bonds. The van der Waals surface area contributed by atoms with Crippen LogP contribution >= 0.6 is 0 Å². The molecule has 3 N–H and O–H groups in total. The van der Waals surface area contributed by atoms with E-state index in [2.05, 4.69) is 14.9 Å². The van der Waals surface area contributed by atoms with Gasteiger partial charge in [-0.1, -0.05) is 12.1 Å². The molecule has 1 fully saturated rings. The third-order valence-electron chi connectivity index (χ3n) is 3.51. The summed E-state index contributed by atoms with van der Waals surface area (Å²) in [7, 11) is -3.32. The maximum atomic E-state index is 12.1. The van der Waals surface area contributed by atoms with E-state index in [1.54, 1.807) is 12.1 Å². The molecule has 1 aromatic carbocycles. The van der Waals surface area contributed by atoms with Gasteiger partial charge in [0.05, 0.1) is 5.75 Å². The fraction of sp³-hybridized carbons (Fsp3) is 0.571. The van der Waals surface area contributed by atoms with Crippen molar-refractivity contribution in [2.24, 2.45) is 0 Å².